The number of benzene rings is 1. The molecule has 0 spiro atoms. The highest BCUT2D eigenvalue weighted by Gasteiger charge is 2.20. The van der Waals surface area contributed by atoms with Gasteiger partial charge in [-0.3, -0.25) is 0 Å². The van der Waals surface area contributed by atoms with E-state index in [-0.39, 0.29) is 11.7 Å². The maximum absolute atomic E-state index is 13.4. The molecule has 5 nitrogen and oxygen atoms in total. The van der Waals surface area contributed by atoms with Crippen LogP contribution in [0.4, 0.5) is 14.9 Å². The van der Waals surface area contributed by atoms with E-state index in [0.29, 0.717) is 0 Å². The predicted molar refractivity (Wildman–Crippen MR) is 71.2 cm³/mol. The zero-order valence-corrected chi connectivity index (χ0v) is 10.8. The third kappa shape index (κ3) is 3.37. The SMILES string of the molecule is O=C(Nc1cccc(F)c1C(=O)O)NC1CCSC1. The van der Waals surface area contributed by atoms with Crippen LogP contribution >= 0.6 is 11.8 Å². The van der Waals surface area contributed by atoms with Crippen LogP contribution in [0.15, 0.2) is 18.2 Å². The molecule has 1 heterocycles. The summed E-state index contributed by atoms with van der Waals surface area (Å²) in [6, 6.07) is 3.31. The Morgan fingerprint density at radius 3 is 2.84 bits per heavy atom. The second-order valence-electron chi connectivity index (χ2n) is 4.13. The first-order valence-corrected chi connectivity index (χ1v) is 6.90. The summed E-state index contributed by atoms with van der Waals surface area (Å²) < 4.78 is 13.4. The average Bonchev–Trinajstić information content (AvgIpc) is 2.81. The van der Waals surface area contributed by atoms with Gasteiger partial charge in [-0.15, -0.1) is 0 Å². The summed E-state index contributed by atoms with van der Waals surface area (Å²) >= 11 is 1.74. The van der Waals surface area contributed by atoms with Gasteiger partial charge in [0, 0.05) is 11.8 Å². The molecular formula is C12H13FN2O3S. The predicted octanol–water partition coefficient (Wildman–Crippen LogP) is 2.15. The van der Waals surface area contributed by atoms with Gasteiger partial charge in [-0.2, -0.15) is 11.8 Å². The van der Waals surface area contributed by atoms with Crippen LogP contribution in [0.3, 0.4) is 0 Å². The smallest absolute Gasteiger partial charge is 0.340 e. The van der Waals surface area contributed by atoms with Gasteiger partial charge in [0.1, 0.15) is 11.4 Å². The van der Waals surface area contributed by atoms with Crippen molar-refractivity contribution in [1.82, 2.24) is 5.32 Å². The molecule has 0 aromatic heterocycles. The number of carbonyl (C=O) groups is 2. The molecule has 1 aliphatic rings. The summed E-state index contributed by atoms with van der Waals surface area (Å²) in [6.07, 6.45) is 0.882. The van der Waals surface area contributed by atoms with Gasteiger partial charge in [-0.05, 0) is 24.3 Å². The first-order valence-electron chi connectivity index (χ1n) is 5.75. The van der Waals surface area contributed by atoms with E-state index >= 15 is 0 Å². The van der Waals surface area contributed by atoms with Crippen molar-refractivity contribution in [3.8, 4) is 0 Å². The van der Waals surface area contributed by atoms with E-state index in [1.807, 2.05) is 0 Å². The van der Waals surface area contributed by atoms with Gasteiger partial charge in [0.25, 0.3) is 0 Å². The normalized spacial score (nSPS) is 18.1. The highest BCUT2D eigenvalue weighted by molar-refractivity contribution is 7.99. The van der Waals surface area contributed by atoms with E-state index < -0.39 is 23.4 Å². The molecule has 0 radical (unpaired) electrons. The number of urea groups is 1. The lowest BCUT2D eigenvalue weighted by Gasteiger charge is -2.13. The van der Waals surface area contributed by atoms with Gasteiger partial charge in [-0.25, -0.2) is 14.0 Å². The molecular weight excluding hydrogens is 271 g/mol. The zero-order chi connectivity index (χ0) is 13.8. The molecule has 1 fully saturated rings. The average molecular weight is 284 g/mol. The number of carboxylic acids is 1. The number of hydrogen-bond donors (Lipinski definition) is 3. The molecule has 1 aromatic rings. The van der Waals surface area contributed by atoms with E-state index in [0.717, 1.165) is 24.0 Å². The molecule has 2 amide bonds. The summed E-state index contributed by atoms with van der Waals surface area (Å²) in [5.74, 6) is -0.459. The first-order chi connectivity index (χ1) is 9.08. The van der Waals surface area contributed by atoms with Crippen LogP contribution in [0, 0.1) is 5.82 Å². The van der Waals surface area contributed by atoms with Crippen molar-refractivity contribution in [3.05, 3.63) is 29.6 Å². The second kappa shape index (κ2) is 5.92. The van der Waals surface area contributed by atoms with Crippen LogP contribution in [0.1, 0.15) is 16.8 Å². The van der Waals surface area contributed by atoms with Gasteiger partial charge in [0.15, 0.2) is 0 Å². The molecule has 2 rings (SSSR count). The largest absolute Gasteiger partial charge is 0.478 e. The fourth-order valence-electron chi connectivity index (χ4n) is 1.84. The summed E-state index contributed by atoms with van der Waals surface area (Å²) in [5.41, 5.74) is -0.575. The third-order valence-electron chi connectivity index (χ3n) is 2.74. The number of amides is 2. The lowest BCUT2D eigenvalue weighted by atomic mass is 10.1. The van der Waals surface area contributed by atoms with Gasteiger partial charge in [-0.1, -0.05) is 6.07 Å². The van der Waals surface area contributed by atoms with E-state index in [9.17, 15) is 14.0 Å². The number of carbonyl (C=O) groups excluding carboxylic acids is 1. The van der Waals surface area contributed by atoms with Crippen molar-refractivity contribution in [2.45, 2.75) is 12.5 Å². The number of nitrogens with one attached hydrogen (secondary N) is 2. The molecule has 3 N–H and O–H groups in total. The van der Waals surface area contributed by atoms with Crippen molar-refractivity contribution < 1.29 is 19.1 Å². The Kier molecular flexibility index (Phi) is 4.26. The van der Waals surface area contributed by atoms with Crippen molar-refractivity contribution in [2.75, 3.05) is 16.8 Å². The van der Waals surface area contributed by atoms with Gasteiger partial charge in [0.05, 0.1) is 5.69 Å². The standard InChI is InChI=1S/C12H13FN2O3S/c13-8-2-1-3-9(10(8)11(16)17)15-12(18)14-7-4-5-19-6-7/h1-3,7H,4-6H2,(H,16,17)(H2,14,15,18). The van der Waals surface area contributed by atoms with Crippen LogP contribution in [0.2, 0.25) is 0 Å². The highest BCUT2D eigenvalue weighted by atomic mass is 32.2. The molecule has 1 aliphatic heterocycles. The highest BCUT2D eigenvalue weighted by Crippen LogP contribution is 2.20. The molecule has 1 atom stereocenters. The Balaban J connectivity index is 2.07. The Hall–Kier alpha value is -1.76. The summed E-state index contributed by atoms with van der Waals surface area (Å²) in [7, 11) is 0. The number of thioether (sulfide) groups is 1. The monoisotopic (exact) mass is 284 g/mol. The van der Waals surface area contributed by atoms with Crippen LogP contribution in [0.5, 0.6) is 0 Å². The summed E-state index contributed by atoms with van der Waals surface area (Å²) in [6.45, 7) is 0. The van der Waals surface area contributed by atoms with Crippen LogP contribution in [-0.2, 0) is 0 Å². The molecule has 1 aromatic carbocycles. The number of aromatic carboxylic acids is 1. The minimum atomic E-state index is -1.41. The molecule has 0 bridgehead atoms. The van der Waals surface area contributed by atoms with Gasteiger partial charge < -0.3 is 15.7 Å². The van der Waals surface area contributed by atoms with E-state index in [1.165, 1.54) is 12.1 Å². The van der Waals surface area contributed by atoms with Crippen molar-refractivity contribution in [1.29, 1.82) is 0 Å². The maximum Gasteiger partial charge on any atom is 0.340 e. The Morgan fingerprint density at radius 2 is 2.21 bits per heavy atom. The minimum absolute atomic E-state index is 0.0457. The van der Waals surface area contributed by atoms with Crippen molar-refractivity contribution in [2.24, 2.45) is 0 Å². The van der Waals surface area contributed by atoms with E-state index in [2.05, 4.69) is 10.6 Å². The van der Waals surface area contributed by atoms with Crippen molar-refractivity contribution >= 4 is 29.4 Å². The molecule has 0 saturated carbocycles. The molecule has 7 heteroatoms. The van der Waals surface area contributed by atoms with Gasteiger partial charge in [0.2, 0.25) is 0 Å². The zero-order valence-electron chi connectivity index (χ0n) is 9.98. The van der Waals surface area contributed by atoms with Crippen LogP contribution in [0.25, 0.3) is 0 Å². The molecule has 19 heavy (non-hydrogen) atoms. The van der Waals surface area contributed by atoms with Crippen molar-refractivity contribution in [3.63, 3.8) is 0 Å². The number of hydrogen-bond acceptors (Lipinski definition) is 3. The van der Waals surface area contributed by atoms with E-state index in [4.69, 9.17) is 5.11 Å². The Labute approximate surface area is 113 Å². The lowest BCUT2D eigenvalue weighted by Crippen LogP contribution is -2.38. The fraction of sp³-hybridized carbons (Fsp3) is 0.333. The minimum Gasteiger partial charge on any atom is -0.478 e. The third-order valence-corrected chi connectivity index (χ3v) is 3.90. The number of carboxylic acid groups (broad SMARTS) is 1. The Bertz CT molecular complexity index is 504. The lowest BCUT2D eigenvalue weighted by molar-refractivity contribution is 0.0693. The van der Waals surface area contributed by atoms with E-state index in [1.54, 1.807) is 11.8 Å². The van der Waals surface area contributed by atoms with Crippen LogP contribution in [-0.4, -0.2) is 34.7 Å². The number of halogens is 1. The number of anilines is 1. The molecule has 1 unspecified atom stereocenters. The Morgan fingerprint density at radius 1 is 1.42 bits per heavy atom. The first kappa shape index (κ1) is 13.7. The summed E-state index contributed by atoms with van der Waals surface area (Å²) in [5, 5.41) is 14.0. The quantitative estimate of drug-likeness (QED) is 0.794. The number of rotatable bonds is 3. The summed E-state index contributed by atoms with van der Waals surface area (Å²) in [4.78, 5) is 22.7. The topological polar surface area (TPSA) is 78.4 Å². The van der Waals surface area contributed by atoms with Crippen LogP contribution < -0.4 is 10.6 Å². The molecule has 0 aliphatic carbocycles. The second-order valence-corrected chi connectivity index (χ2v) is 5.28. The maximum atomic E-state index is 13.4. The molecule has 1 saturated heterocycles. The van der Waals surface area contributed by atoms with Gasteiger partial charge >= 0.3 is 12.0 Å². The molecule has 102 valence electrons. The fourth-order valence-corrected chi connectivity index (χ4v) is 2.99.